The van der Waals surface area contributed by atoms with Crippen LogP contribution in [-0.2, 0) is 32.1 Å². The highest BCUT2D eigenvalue weighted by Gasteiger charge is 2.21. The van der Waals surface area contributed by atoms with Gasteiger partial charge in [0.15, 0.2) is 0 Å². The van der Waals surface area contributed by atoms with Crippen LogP contribution >= 0.6 is 11.3 Å². The van der Waals surface area contributed by atoms with Crippen molar-refractivity contribution in [2.24, 2.45) is 0 Å². The molecule has 0 aliphatic carbocycles. The molecule has 2 heteroatoms. The van der Waals surface area contributed by atoms with Gasteiger partial charge in [0.2, 0.25) is 0 Å². The summed E-state index contributed by atoms with van der Waals surface area (Å²) in [6.07, 6.45) is 16.5. The zero-order valence-corrected chi connectivity index (χ0v) is 23.2. The summed E-state index contributed by atoms with van der Waals surface area (Å²) in [5.41, 5.74) is 7.23. The lowest BCUT2D eigenvalue weighted by Crippen LogP contribution is -2.37. The molecule has 1 fully saturated rings. The van der Waals surface area contributed by atoms with Crippen LogP contribution in [0.4, 0.5) is 0 Å². The molecule has 4 rings (SSSR count). The van der Waals surface area contributed by atoms with E-state index in [0.29, 0.717) is 6.04 Å². The lowest BCUT2D eigenvalue weighted by atomic mass is 9.96. The lowest BCUT2D eigenvalue weighted by Gasteiger charge is -2.37. The Hall–Kier alpha value is -2.58. The van der Waals surface area contributed by atoms with Gasteiger partial charge in [-0.1, -0.05) is 74.2 Å². The van der Waals surface area contributed by atoms with Gasteiger partial charge >= 0.3 is 0 Å². The van der Waals surface area contributed by atoms with E-state index in [1.807, 2.05) is 11.3 Å². The summed E-state index contributed by atoms with van der Waals surface area (Å²) in [6.45, 7) is 9.98. The van der Waals surface area contributed by atoms with E-state index in [1.54, 1.807) is 0 Å². The van der Waals surface area contributed by atoms with Crippen molar-refractivity contribution in [3.05, 3.63) is 117 Å². The highest BCUT2D eigenvalue weighted by Crippen LogP contribution is 2.27. The summed E-state index contributed by atoms with van der Waals surface area (Å²) in [5.74, 6) is 0. The van der Waals surface area contributed by atoms with Crippen molar-refractivity contribution < 1.29 is 0 Å². The van der Waals surface area contributed by atoms with Gasteiger partial charge in [-0.25, -0.2) is 0 Å². The van der Waals surface area contributed by atoms with Gasteiger partial charge in [0.05, 0.1) is 0 Å². The molecule has 190 valence electrons. The van der Waals surface area contributed by atoms with Gasteiger partial charge in [0, 0.05) is 28.0 Å². The zero-order valence-electron chi connectivity index (χ0n) is 22.3. The van der Waals surface area contributed by atoms with Crippen LogP contribution in [0.5, 0.6) is 0 Å². The largest absolute Gasteiger partial charge is 0.369 e. The van der Waals surface area contributed by atoms with Crippen molar-refractivity contribution >= 4 is 11.3 Å². The van der Waals surface area contributed by atoms with E-state index >= 15 is 0 Å². The molecule has 0 N–H and O–H groups in total. The number of thiophene rings is 1. The molecular weight excluding hydrogens is 454 g/mol. The SMILES string of the molecule is C=C1CCCC(/C=C/CCc2cccc(CCc3ccccc3CC)c2)N1CCCc1ccc(C)s1. The molecule has 1 atom stereocenters. The first-order chi connectivity index (χ1) is 17.6. The molecule has 1 unspecified atom stereocenters. The molecule has 1 aliphatic rings. The second-order valence-electron chi connectivity index (χ2n) is 10.2. The van der Waals surface area contributed by atoms with Crippen LogP contribution in [0.3, 0.4) is 0 Å². The molecule has 0 spiro atoms. The minimum Gasteiger partial charge on any atom is -0.369 e. The number of likely N-dealkylation sites (tertiary alicyclic amines) is 1. The lowest BCUT2D eigenvalue weighted by molar-refractivity contribution is 0.234. The normalized spacial score (nSPS) is 16.2. The minimum atomic E-state index is 0.515. The van der Waals surface area contributed by atoms with E-state index in [0.717, 1.165) is 45.1 Å². The highest BCUT2D eigenvalue weighted by molar-refractivity contribution is 7.11. The van der Waals surface area contributed by atoms with E-state index in [1.165, 1.54) is 63.4 Å². The van der Waals surface area contributed by atoms with Crippen molar-refractivity contribution in [3.63, 3.8) is 0 Å². The molecule has 2 heterocycles. The molecule has 0 radical (unpaired) electrons. The smallest absolute Gasteiger partial charge is 0.0470 e. The van der Waals surface area contributed by atoms with E-state index in [9.17, 15) is 0 Å². The van der Waals surface area contributed by atoms with Crippen molar-refractivity contribution in [3.8, 4) is 0 Å². The van der Waals surface area contributed by atoms with Gasteiger partial charge in [-0.05, 0) is 106 Å². The molecule has 36 heavy (non-hydrogen) atoms. The second-order valence-corrected chi connectivity index (χ2v) is 11.6. The maximum absolute atomic E-state index is 4.41. The van der Waals surface area contributed by atoms with Crippen molar-refractivity contribution in [2.75, 3.05) is 6.54 Å². The number of rotatable bonds is 12. The Morgan fingerprint density at radius 2 is 1.75 bits per heavy atom. The van der Waals surface area contributed by atoms with Gasteiger partial charge in [0.1, 0.15) is 0 Å². The van der Waals surface area contributed by atoms with Crippen LogP contribution < -0.4 is 0 Å². The van der Waals surface area contributed by atoms with E-state index in [4.69, 9.17) is 0 Å². The first-order valence-corrected chi connectivity index (χ1v) is 14.7. The molecule has 2 aromatic carbocycles. The van der Waals surface area contributed by atoms with E-state index < -0.39 is 0 Å². The number of hydrogen-bond acceptors (Lipinski definition) is 2. The van der Waals surface area contributed by atoms with Crippen molar-refractivity contribution in [1.82, 2.24) is 4.90 Å². The van der Waals surface area contributed by atoms with Gasteiger partial charge in [-0.15, -0.1) is 11.3 Å². The predicted molar refractivity (Wildman–Crippen MR) is 158 cm³/mol. The van der Waals surface area contributed by atoms with Crippen LogP contribution in [0.1, 0.15) is 71.0 Å². The third-order valence-electron chi connectivity index (χ3n) is 7.52. The molecule has 3 aromatic rings. The molecule has 0 amide bonds. The Morgan fingerprint density at radius 3 is 2.53 bits per heavy atom. The third kappa shape index (κ3) is 7.71. The molecule has 1 aromatic heterocycles. The molecule has 0 saturated carbocycles. The van der Waals surface area contributed by atoms with Gasteiger partial charge in [-0.2, -0.15) is 0 Å². The summed E-state index contributed by atoms with van der Waals surface area (Å²) >= 11 is 1.94. The Morgan fingerprint density at radius 1 is 0.944 bits per heavy atom. The van der Waals surface area contributed by atoms with Gasteiger partial charge in [0.25, 0.3) is 0 Å². The summed E-state index contributed by atoms with van der Waals surface area (Å²) in [6, 6.07) is 23.2. The Labute approximate surface area is 223 Å². The molecule has 0 bridgehead atoms. The highest BCUT2D eigenvalue weighted by atomic mass is 32.1. The number of hydrogen-bond donors (Lipinski definition) is 0. The molecule has 1 aliphatic heterocycles. The second kappa shape index (κ2) is 13.7. The summed E-state index contributed by atoms with van der Waals surface area (Å²) < 4.78 is 0. The monoisotopic (exact) mass is 497 g/mol. The Balaban J connectivity index is 1.26. The average molecular weight is 498 g/mol. The molecule has 1 nitrogen and oxygen atoms in total. The maximum atomic E-state index is 4.41. The van der Waals surface area contributed by atoms with Crippen molar-refractivity contribution in [2.45, 2.75) is 84.1 Å². The van der Waals surface area contributed by atoms with Gasteiger partial charge < -0.3 is 4.90 Å². The number of benzene rings is 2. The summed E-state index contributed by atoms with van der Waals surface area (Å²) in [5, 5.41) is 0. The molecule has 1 saturated heterocycles. The Kier molecular flexibility index (Phi) is 10.0. The predicted octanol–water partition coefficient (Wildman–Crippen LogP) is 8.89. The average Bonchev–Trinajstić information content (AvgIpc) is 3.32. The van der Waals surface area contributed by atoms with Crippen LogP contribution in [0, 0.1) is 6.92 Å². The third-order valence-corrected chi connectivity index (χ3v) is 8.58. The number of aryl methyl sites for hydroxylation is 6. The molecular formula is C34H43NS. The van der Waals surface area contributed by atoms with E-state index in [-0.39, 0.29) is 0 Å². The van der Waals surface area contributed by atoms with Gasteiger partial charge in [-0.3, -0.25) is 0 Å². The number of nitrogens with zero attached hydrogens (tertiary/aromatic N) is 1. The zero-order chi connectivity index (χ0) is 25.2. The van der Waals surface area contributed by atoms with Crippen LogP contribution in [-0.4, -0.2) is 17.5 Å². The Bertz CT molecular complexity index is 1140. The topological polar surface area (TPSA) is 3.24 Å². The fourth-order valence-electron chi connectivity index (χ4n) is 5.49. The fourth-order valence-corrected chi connectivity index (χ4v) is 6.42. The number of allylic oxidation sites excluding steroid dienone is 2. The van der Waals surface area contributed by atoms with Crippen molar-refractivity contribution in [1.29, 1.82) is 0 Å². The maximum Gasteiger partial charge on any atom is 0.0470 e. The van der Waals surface area contributed by atoms with Crippen LogP contribution in [0.25, 0.3) is 0 Å². The minimum absolute atomic E-state index is 0.515. The fraction of sp³-hybridized carbons (Fsp3) is 0.412. The van der Waals surface area contributed by atoms with E-state index in [2.05, 4.69) is 98.1 Å². The standard InChI is InChI=1S/C34H43NS/c1-4-31-16-6-7-17-32(31)23-22-30-15-10-14-29(26-30)13-5-8-18-33-19-9-12-27(2)35(33)25-11-20-34-24-21-28(3)36-34/h6-8,10,14-18,21,24,26,33H,2,4-5,9,11-13,19-20,22-23,25H2,1,3H3/b18-8+. The summed E-state index contributed by atoms with van der Waals surface area (Å²) in [7, 11) is 0. The quantitative estimate of drug-likeness (QED) is 0.226. The first kappa shape index (κ1) is 26.5. The first-order valence-electron chi connectivity index (χ1n) is 13.9. The summed E-state index contributed by atoms with van der Waals surface area (Å²) in [4.78, 5) is 5.51. The van der Waals surface area contributed by atoms with Crippen LogP contribution in [0.15, 0.2) is 85.1 Å². The number of piperidine rings is 1. The van der Waals surface area contributed by atoms with Crippen LogP contribution in [0.2, 0.25) is 0 Å².